The third-order valence-electron chi connectivity index (χ3n) is 6.37. The predicted molar refractivity (Wildman–Crippen MR) is 157 cm³/mol. The van der Waals surface area contributed by atoms with E-state index in [1.165, 1.54) is 37.3 Å². The quantitative estimate of drug-likeness (QED) is 0.307. The van der Waals surface area contributed by atoms with E-state index < -0.39 is 28.5 Å². The van der Waals surface area contributed by atoms with Crippen molar-refractivity contribution in [3.05, 3.63) is 78.4 Å². The van der Waals surface area contributed by atoms with Gasteiger partial charge in [0.15, 0.2) is 11.5 Å². The molecule has 11 heteroatoms. The van der Waals surface area contributed by atoms with Crippen LogP contribution in [0.3, 0.4) is 0 Å². The number of benzene rings is 3. The molecular weight excluding hydrogens is 546 g/mol. The molecule has 3 aromatic rings. The lowest BCUT2D eigenvalue weighted by Gasteiger charge is -2.32. The third kappa shape index (κ3) is 7.69. The number of hydrogen-bond acceptors (Lipinski definition) is 7. The van der Waals surface area contributed by atoms with E-state index in [1.54, 1.807) is 38.1 Å². The van der Waals surface area contributed by atoms with Gasteiger partial charge in [0.2, 0.25) is 11.8 Å². The summed E-state index contributed by atoms with van der Waals surface area (Å²) in [4.78, 5) is 28.0. The van der Waals surface area contributed by atoms with Gasteiger partial charge in [-0.1, -0.05) is 30.3 Å². The van der Waals surface area contributed by atoms with Gasteiger partial charge in [0, 0.05) is 19.2 Å². The van der Waals surface area contributed by atoms with Crippen molar-refractivity contribution in [1.82, 2.24) is 10.2 Å². The van der Waals surface area contributed by atoms with Crippen LogP contribution in [0, 0.1) is 0 Å². The molecule has 3 rings (SSSR count). The number of sulfonamides is 1. The lowest BCUT2D eigenvalue weighted by Crippen LogP contribution is -2.51. The molecule has 0 spiro atoms. The Kier molecular flexibility index (Phi) is 11.0. The van der Waals surface area contributed by atoms with E-state index >= 15 is 0 Å². The van der Waals surface area contributed by atoms with Gasteiger partial charge in [-0.2, -0.15) is 0 Å². The van der Waals surface area contributed by atoms with Crippen LogP contribution in [0.25, 0.3) is 0 Å². The highest BCUT2D eigenvalue weighted by molar-refractivity contribution is 7.92. The molecule has 0 radical (unpaired) electrons. The van der Waals surface area contributed by atoms with E-state index in [0.29, 0.717) is 24.7 Å². The minimum Gasteiger partial charge on any atom is -0.494 e. The molecule has 0 heterocycles. The van der Waals surface area contributed by atoms with Gasteiger partial charge < -0.3 is 24.4 Å². The van der Waals surface area contributed by atoms with Gasteiger partial charge in [0.05, 0.1) is 31.4 Å². The zero-order valence-corrected chi connectivity index (χ0v) is 24.8. The number of anilines is 1. The van der Waals surface area contributed by atoms with Crippen molar-refractivity contribution < 1.29 is 32.2 Å². The average Bonchev–Trinajstić information content (AvgIpc) is 2.99. The fourth-order valence-corrected chi connectivity index (χ4v) is 5.62. The summed E-state index contributed by atoms with van der Waals surface area (Å²) in [5.74, 6) is 0.251. The van der Waals surface area contributed by atoms with Gasteiger partial charge in [-0.25, -0.2) is 8.42 Å². The zero-order valence-electron chi connectivity index (χ0n) is 24.0. The highest BCUT2D eigenvalue weighted by Crippen LogP contribution is 2.33. The van der Waals surface area contributed by atoms with Gasteiger partial charge in [-0.05, 0) is 62.7 Å². The van der Waals surface area contributed by atoms with Gasteiger partial charge in [0.1, 0.15) is 18.3 Å². The van der Waals surface area contributed by atoms with E-state index in [1.807, 2.05) is 37.3 Å². The fraction of sp³-hybridized carbons (Fsp3) is 0.333. The highest BCUT2D eigenvalue weighted by atomic mass is 32.2. The molecule has 220 valence electrons. The standard InChI is InChI=1S/C30H37N3O7S/c1-6-31-30(35)22(3)32(20-23-11-9-8-10-12-23)29(34)21-33(24-13-15-25(16-14-24)40-7-2)41(36,37)26-17-18-27(38-4)28(19-26)39-5/h8-19,22H,6-7,20-21H2,1-5H3,(H,31,35). The van der Waals surface area contributed by atoms with Crippen LogP contribution >= 0.6 is 0 Å². The number of carbonyl (C=O) groups is 2. The zero-order chi connectivity index (χ0) is 30.0. The largest absolute Gasteiger partial charge is 0.494 e. The molecule has 0 saturated heterocycles. The molecule has 0 aliphatic rings. The molecular formula is C30H37N3O7S. The summed E-state index contributed by atoms with van der Waals surface area (Å²) in [6.45, 7) is 5.65. The molecule has 3 aromatic carbocycles. The Balaban J connectivity index is 2.07. The molecule has 0 aromatic heterocycles. The van der Waals surface area contributed by atoms with E-state index in [4.69, 9.17) is 14.2 Å². The van der Waals surface area contributed by atoms with Crippen LogP contribution in [0.2, 0.25) is 0 Å². The van der Waals surface area contributed by atoms with Crippen molar-refractivity contribution in [3.63, 3.8) is 0 Å². The Morgan fingerprint density at radius 3 is 2.15 bits per heavy atom. The number of likely N-dealkylation sites (N-methyl/N-ethyl adjacent to an activating group) is 1. The summed E-state index contributed by atoms with van der Waals surface area (Å²) in [7, 11) is -1.42. The van der Waals surface area contributed by atoms with E-state index in [2.05, 4.69) is 5.32 Å². The van der Waals surface area contributed by atoms with Crippen LogP contribution < -0.4 is 23.8 Å². The van der Waals surface area contributed by atoms with Crippen molar-refractivity contribution in [2.45, 2.75) is 38.3 Å². The molecule has 0 fully saturated rings. The minimum absolute atomic E-state index is 0.0942. The molecule has 0 bridgehead atoms. The third-order valence-corrected chi connectivity index (χ3v) is 8.14. The SMILES string of the molecule is CCNC(=O)C(C)N(Cc1ccccc1)C(=O)CN(c1ccc(OCC)cc1)S(=O)(=O)c1ccc(OC)c(OC)c1. The summed E-state index contributed by atoms with van der Waals surface area (Å²) in [6.07, 6.45) is 0. The van der Waals surface area contributed by atoms with Crippen LogP contribution in [0.5, 0.6) is 17.2 Å². The van der Waals surface area contributed by atoms with Crippen LogP contribution in [0.15, 0.2) is 77.7 Å². The summed E-state index contributed by atoms with van der Waals surface area (Å²) in [5.41, 5.74) is 1.05. The summed E-state index contributed by atoms with van der Waals surface area (Å²) >= 11 is 0. The molecule has 0 aliphatic carbocycles. The lowest BCUT2D eigenvalue weighted by atomic mass is 10.1. The van der Waals surface area contributed by atoms with Gasteiger partial charge in [-0.3, -0.25) is 13.9 Å². The normalized spacial score (nSPS) is 11.7. The Morgan fingerprint density at radius 1 is 0.902 bits per heavy atom. The van der Waals surface area contributed by atoms with Crippen LogP contribution in [0.1, 0.15) is 26.3 Å². The first-order valence-electron chi connectivity index (χ1n) is 13.2. The molecule has 41 heavy (non-hydrogen) atoms. The molecule has 2 amide bonds. The number of rotatable bonds is 14. The van der Waals surface area contributed by atoms with Crippen molar-refractivity contribution in [3.8, 4) is 17.2 Å². The first-order chi connectivity index (χ1) is 19.7. The second-order valence-electron chi connectivity index (χ2n) is 9.03. The number of amides is 2. The average molecular weight is 584 g/mol. The molecule has 0 saturated carbocycles. The van der Waals surface area contributed by atoms with Crippen molar-refractivity contribution in [2.24, 2.45) is 0 Å². The topological polar surface area (TPSA) is 114 Å². The molecule has 10 nitrogen and oxygen atoms in total. The predicted octanol–water partition coefficient (Wildman–Crippen LogP) is 3.85. The van der Waals surface area contributed by atoms with Gasteiger partial charge >= 0.3 is 0 Å². The van der Waals surface area contributed by atoms with Crippen LogP contribution in [-0.2, 0) is 26.2 Å². The maximum Gasteiger partial charge on any atom is 0.264 e. The molecule has 1 N–H and O–H groups in total. The van der Waals surface area contributed by atoms with Gasteiger partial charge in [-0.15, -0.1) is 0 Å². The first-order valence-corrected chi connectivity index (χ1v) is 14.7. The second kappa shape index (κ2) is 14.4. The molecule has 1 unspecified atom stereocenters. The van der Waals surface area contributed by atoms with Crippen molar-refractivity contribution in [2.75, 3.05) is 38.2 Å². The van der Waals surface area contributed by atoms with Crippen molar-refractivity contribution in [1.29, 1.82) is 0 Å². The van der Waals surface area contributed by atoms with E-state index in [0.717, 1.165) is 9.87 Å². The number of nitrogens with one attached hydrogen (secondary N) is 1. The number of hydrogen-bond donors (Lipinski definition) is 1. The number of ether oxygens (including phenoxy) is 3. The highest BCUT2D eigenvalue weighted by Gasteiger charge is 2.33. The number of nitrogens with zero attached hydrogens (tertiary/aromatic N) is 2. The minimum atomic E-state index is -4.29. The first kappa shape index (κ1) is 31.3. The maximum atomic E-state index is 14.1. The number of carbonyl (C=O) groups excluding carboxylic acids is 2. The molecule has 0 aliphatic heterocycles. The van der Waals surface area contributed by atoms with E-state index in [9.17, 15) is 18.0 Å². The van der Waals surface area contributed by atoms with E-state index in [-0.39, 0.29) is 28.8 Å². The van der Waals surface area contributed by atoms with Crippen LogP contribution in [-0.4, -0.2) is 65.1 Å². The number of methoxy groups -OCH3 is 2. The lowest BCUT2D eigenvalue weighted by molar-refractivity contribution is -0.139. The smallest absolute Gasteiger partial charge is 0.264 e. The monoisotopic (exact) mass is 583 g/mol. The Morgan fingerprint density at radius 2 is 1.56 bits per heavy atom. The fourth-order valence-electron chi connectivity index (χ4n) is 4.19. The summed E-state index contributed by atoms with van der Waals surface area (Å²) < 4.78 is 45.3. The molecule has 1 atom stereocenters. The Hall–Kier alpha value is -4.25. The Labute approximate surface area is 241 Å². The van der Waals surface area contributed by atoms with Gasteiger partial charge in [0.25, 0.3) is 10.0 Å². The van der Waals surface area contributed by atoms with Crippen LogP contribution in [0.4, 0.5) is 5.69 Å². The Bertz CT molecular complexity index is 1410. The summed E-state index contributed by atoms with van der Waals surface area (Å²) in [6, 6.07) is 19.0. The summed E-state index contributed by atoms with van der Waals surface area (Å²) in [5, 5.41) is 2.74. The van der Waals surface area contributed by atoms with Crippen molar-refractivity contribution >= 4 is 27.5 Å². The maximum absolute atomic E-state index is 14.1. The second-order valence-corrected chi connectivity index (χ2v) is 10.9.